The Balaban J connectivity index is 1.57. The number of nitriles is 1. The molecular weight excluding hydrogens is 444 g/mol. The van der Waals surface area contributed by atoms with E-state index in [9.17, 15) is 5.26 Å². The molecule has 0 atom stereocenters. The number of benzene rings is 3. The van der Waals surface area contributed by atoms with Gasteiger partial charge in [-0.3, -0.25) is 9.30 Å². The van der Waals surface area contributed by atoms with Gasteiger partial charge in [-0.15, -0.1) is 0 Å². The number of hydrogen-bond donors (Lipinski definition) is 0. The van der Waals surface area contributed by atoms with Crippen LogP contribution in [0.15, 0.2) is 72.8 Å². The van der Waals surface area contributed by atoms with Gasteiger partial charge in [-0.2, -0.15) is 5.26 Å². The molecule has 6 heteroatoms. The second-order valence-electron chi connectivity index (χ2n) is 9.54. The summed E-state index contributed by atoms with van der Waals surface area (Å²) in [5.74, 6) is 1.98. The van der Waals surface area contributed by atoms with E-state index in [1.165, 1.54) is 11.1 Å². The number of para-hydroxylation sites is 4. The van der Waals surface area contributed by atoms with Gasteiger partial charge in [-0.05, 0) is 49.2 Å². The molecule has 6 nitrogen and oxygen atoms in total. The molecule has 1 aliphatic heterocycles. The van der Waals surface area contributed by atoms with Gasteiger partial charge in [-0.25, -0.2) is 9.97 Å². The minimum Gasteiger partial charge on any atom is -0.308 e. The number of fused-ring (bicyclic) bond motifs is 6. The molecular formula is C30H24N6. The van der Waals surface area contributed by atoms with Crippen LogP contribution < -0.4 is 4.90 Å². The highest BCUT2D eigenvalue weighted by Crippen LogP contribution is 2.40. The predicted molar refractivity (Wildman–Crippen MR) is 143 cm³/mol. The molecule has 174 valence electrons. The largest absolute Gasteiger partial charge is 0.308 e. The average molecular weight is 469 g/mol. The van der Waals surface area contributed by atoms with Gasteiger partial charge in [0.15, 0.2) is 5.65 Å². The highest BCUT2D eigenvalue weighted by atomic mass is 15.4. The van der Waals surface area contributed by atoms with Gasteiger partial charge in [0, 0.05) is 25.1 Å². The third-order valence-corrected chi connectivity index (χ3v) is 7.39. The van der Waals surface area contributed by atoms with Crippen molar-refractivity contribution in [3.63, 3.8) is 0 Å². The second-order valence-corrected chi connectivity index (χ2v) is 9.54. The van der Waals surface area contributed by atoms with Crippen molar-refractivity contribution in [2.75, 3.05) is 11.4 Å². The lowest BCUT2D eigenvalue weighted by atomic mass is 9.97. The average Bonchev–Trinajstić information content (AvgIpc) is 3.58. The maximum atomic E-state index is 10.2. The quantitative estimate of drug-likeness (QED) is 0.316. The molecule has 0 N–H and O–H groups in total. The van der Waals surface area contributed by atoms with E-state index in [-0.39, 0.29) is 0 Å². The summed E-state index contributed by atoms with van der Waals surface area (Å²) < 4.78 is 4.48. The summed E-state index contributed by atoms with van der Waals surface area (Å²) in [6, 6.07) is 27.6. The number of pyridine rings is 1. The predicted octanol–water partition coefficient (Wildman–Crippen LogP) is 6.07. The van der Waals surface area contributed by atoms with Gasteiger partial charge in [-0.1, -0.05) is 54.1 Å². The molecule has 0 bridgehead atoms. The van der Waals surface area contributed by atoms with Crippen molar-refractivity contribution in [3.05, 3.63) is 101 Å². The minimum atomic E-state index is 0.629. The monoisotopic (exact) mass is 468 g/mol. The van der Waals surface area contributed by atoms with Gasteiger partial charge in [0.25, 0.3) is 0 Å². The highest BCUT2D eigenvalue weighted by Gasteiger charge is 2.31. The van der Waals surface area contributed by atoms with E-state index in [4.69, 9.17) is 9.97 Å². The third kappa shape index (κ3) is 2.89. The maximum absolute atomic E-state index is 10.2. The molecule has 0 radical (unpaired) electrons. The first kappa shape index (κ1) is 20.7. The Bertz CT molecular complexity index is 1850. The number of aryl methyl sites for hydroxylation is 1. The van der Waals surface area contributed by atoms with Crippen LogP contribution >= 0.6 is 0 Å². The molecule has 7 rings (SSSR count). The van der Waals surface area contributed by atoms with Crippen molar-refractivity contribution < 1.29 is 0 Å². The van der Waals surface area contributed by atoms with Crippen molar-refractivity contribution in [2.24, 2.45) is 0 Å². The summed E-state index contributed by atoms with van der Waals surface area (Å²) in [4.78, 5) is 12.3. The molecule has 0 spiro atoms. The molecule has 0 fully saturated rings. The topological polar surface area (TPSA) is 62.2 Å². The first-order chi connectivity index (χ1) is 17.6. The highest BCUT2D eigenvalue weighted by molar-refractivity contribution is 5.88. The van der Waals surface area contributed by atoms with E-state index in [0.717, 1.165) is 64.5 Å². The Kier molecular flexibility index (Phi) is 4.43. The molecule has 36 heavy (non-hydrogen) atoms. The minimum absolute atomic E-state index is 0.629. The van der Waals surface area contributed by atoms with Crippen LogP contribution in [0.3, 0.4) is 0 Å². The molecule has 4 heterocycles. The summed E-state index contributed by atoms with van der Waals surface area (Å²) in [5.41, 5.74) is 9.91. The van der Waals surface area contributed by atoms with E-state index in [1.807, 2.05) is 24.3 Å². The Morgan fingerprint density at radius 3 is 2.28 bits per heavy atom. The zero-order valence-electron chi connectivity index (χ0n) is 20.2. The van der Waals surface area contributed by atoms with Crippen molar-refractivity contribution in [1.29, 1.82) is 5.26 Å². The van der Waals surface area contributed by atoms with Crippen molar-refractivity contribution >= 4 is 39.5 Å². The van der Waals surface area contributed by atoms with Gasteiger partial charge >= 0.3 is 0 Å². The first-order valence-electron chi connectivity index (χ1n) is 12.2. The fraction of sp³-hybridized carbons (Fsp3) is 0.167. The molecule has 0 aliphatic carbocycles. The van der Waals surface area contributed by atoms with Gasteiger partial charge in [0.1, 0.15) is 11.9 Å². The Morgan fingerprint density at radius 1 is 0.833 bits per heavy atom. The lowest BCUT2D eigenvalue weighted by Crippen LogP contribution is -2.21. The molecule has 0 unspecified atom stereocenters. The van der Waals surface area contributed by atoms with E-state index >= 15 is 0 Å². The number of nitrogens with zero attached hydrogens (tertiary/aromatic N) is 6. The summed E-state index contributed by atoms with van der Waals surface area (Å²) >= 11 is 0. The van der Waals surface area contributed by atoms with Crippen LogP contribution in [-0.2, 0) is 13.0 Å². The van der Waals surface area contributed by atoms with Gasteiger partial charge in [0.05, 0.1) is 27.6 Å². The Labute approximate surface area is 208 Å². The molecule has 0 amide bonds. The van der Waals surface area contributed by atoms with Crippen LogP contribution in [0.25, 0.3) is 27.7 Å². The molecule has 6 aromatic rings. The fourth-order valence-electron chi connectivity index (χ4n) is 5.56. The van der Waals surface area contributed by atoms with Crippen LogP contribution in [0.5, 0.6) is 0 Å². The third-order valence-electron chi connectivity index (χ3n) is 7.39. The molecule has 3 aromatic heterocycles. The van der Waals surface area contributed by atoms with Gasteiger partial charge < -0.3 is 4.57 Å². The van der Waals surface area contributed by atoms with Crippen LogP contribution in [-0.4, -0.2) is 25.5 Å². The van der Waals surface area contributed by atoms with Crippen molar-refractivity contribution in [2.45, 2.75) is 26.8 Å². The summed E-state index contributed by atoms with van der Waals surface area (Å²) in [7, 11) is 0. The van der Waals surface area contributed by atoms with E-state index < -0.39 is 0 Å². The number of rotatable bonds is 3. The maximum Gasteiger partial charge on any atom is 0.212 e. The Hall–Kier alpha value is -4.63. The van der Waals surface area contributed by atoms with Crippen LogP contribution in [0.4, 0.5) is 11.8 Å². The van der Waals surface area contributed by atoms with Gasteiger partial charge in [0.2, 0.25) is 5.95 Å². The van der Waals surface area contributed by atoms with Crippen LogP contribution in [0.2, 0.25) is 0 Å². The van der Waals surface area contributed by atoms with Crippen molar-refractivity contribution in [1.82, 2.24) is 18.9 Å². The van der Waals surface area contributed by atoms with E-state index in [1.54, 1.807) is 0 Å². The fourth-order valence-corrected chi connectivity index (χ4v) is 5.56. The number of aromatic nitrogens is 4. The first-order valence-corrected chi connectivity index (χ1v) is 12.2. The van der Waals surface area contributed by atoms with Crippen LogP contribution in [0, 0.1) is 25.2 Å². The van der Waals surface area contributed by atoms with Crippen molar-refractivity contribution in [3.8, 4) is 6.07 Å². The number of imidazole rings is 2. The lowest BCUT2D eigenvalue weighted by Gasteiger charge is -2.25. The number of anilines is 2. The summed E-state index contributed by atoms with van der Waals surface area (Å²) in [6.07, 6.45) is 0.718. The molecule has 0 saturated heterocycles. The van der Waals surface area contributed by atoms with E-state index in [0.29, 0.717) is 11.2 Å². The molecule has 1 aliphatic rings. The summed E-state index contributed by atoms with van der Waals surface area (Å²) in [5, 5.41) is 10.2. The number of hydrogen-bond acceptors (Lipinski definition) is 4. The Morgan fingerprint density at radius 2 is 1.53 bits per heavy atom. The standard InChI is InChI=1S/C30H24N6/c1-19-11-13-21(14-12-19)17-22-20(2)23(18-31)28-32-25-8-4-6-10-27(25)36(28)29(22)35-16-15-34-26-9-5-3-7-24(26)33-30(34)35/h3-14H,15-17H2,1-2H3. The van der Waals surface area contributed by atoms with E-state index in [2.05, 4.69) is 82.3 Å². The lowest BCUT2D eigenvalue weighted by molar-refractivity contribution is 0.820. The second kappa shape index (κ2) is 7.69. The zero-order valence-corrected chi connectivity index (χ0v) is 20.2. The SMILES string of the molecule is Cc1ccc(Cc2c(C)c(C#N)c3nc4ccccc4n3c2N2CCn3c2nc2ccccc23)cc1. The molecule has 3 aromatic carbocycles. The normalized spacial score (nSPS) is 13.1. The smallest absolute Gasteiger partial charge is 0.212 e. The zero-order chi connectivity index (χ0) is 24.4. The summed E-state index contributed by atoms with van der Waals surface area (Å²) in [6.45, 7) is 5.82. The van der Waals surface area contributed by atoms with Crippen LogP contribution in [0.1, 0.15) is 27.8 Å². The molecule has 0 saturated carbocycles.